The van der Waals surface area contributed by atoms with Crippen LogP contribution in [0.2, 0.25) is 5.02 Å². The zero-order valence-electron chi connectivity index (χ0n) is 14.2. The van der Waals surface area contributed by atoms with Gasteiger partial charge in [-0.2, -0.15) is 0 Å². The zero-order valence-corrected chi connectivity index (χ0v) is 14.9. The lowest BCUT2D eigenvalue weighted by Gasteiger charge is -2.12. The van der Waals surface area contributed by atoms with Crippen LogP contribution in [0.4, 0.5) is 28.7 Å². The first-order valence-corrected chi connectivity index (χ1v) is 8.18. The molecule has 1 aromatic heterocycles. The average Bonchev–Trinajstić information content (AvgIpc) is 2.60. The van der Waals surface area contributed by atoms with E-state index in [4.69, 9.17) is 11.6 Å². The quantitative estimate of drug-likeness (QED) is 0.477. The van der Waals surface area contributed by atoms with Crippen molar-refractivity contribution >= 4 is 40.3 Å². The lowest BCUT2D eigenvalue weighted by molar-refractivity contribution is -0.383. The van der Waals surface area contributed by atoms with Gasteiger partial charge >= 0.3 is 5.69 Å². The van der Waals surface area contributed by atoms with Crippen LogP contribution < -0.4 is 10.6 Å². The zero-order chi connectivity index (χ0) is 18.7. The maximum Gasteiger partial charge on any atom is 0.353 e. The smallest absolute Gasteiger partial charge is 0.334 e. The largest absolute Gasteiger partial charge is 0.353 e. The first-order valence-electron chi connectivity index (χ1n) is 7.80. The van der Waals surface area contributed by atoms with Gasteiger partial charge in [0.25, 0.3) is 0 Å². The summed E-state index contributed by atoms with van der Waals surface area (Å²) in [5.74, 6) is 0.218. The predicted molar refractivity (Wildman–Crippen MR) is 103 cm³/mol. The summed E-state index contributed by atoms with van der Waals surface area (Å²) < 4.78 is 0. The molecule has 2 aromatic carbocycles. The Kier molecular flexibility index (Phi) is 4.99. The van der Waals surface area contributed by atoms with Crippen LogP contribution in [-0.2, 0) is 0 Å². The van der Waals surface area contributed by atoms with E-state index in [1.165, 1.54) is 6.33 Å². The van der Waals surface area contributed by atoms with E-state index in [1.807, 2.05) is 32.0 Å². The van der Waals surface area contributed by atoms with Crippen LogP contribution in [0.5, 0.6) is 0 Å². The van der Waals surface area contributed by atoms with Gasteiger partial charge in [0.2, 0.25) is 11.6 Å². The first-order chi connectivity index (χ1) is 12.4. The third-order valence-corrected chi connectivity index (χ3v) is 4.01. The molecule has 1 heterocycles. The minimum Gasteiger partial charge on any atom is -0.334 e. The van der Waals surface area contributed by atoms with E-state index in [0.29, 0.717) is 10.7 Å². The van der Waals surface area contributed by atoms with Gasteiger partial charge in [-0.15, -0.1) is 0 Å². The summed E-state index contributed by atoms with van der Waals surface area (Å²) >= 11 is 5.87. The van der Waals surface area contributed by atoms with Crippen LogP contribution in [0.25, 0.3) is 0 Å². The third kappa shape index (κ3) is 3.89. The minimum absolute atomic E-state index is 0.0973. The van der Waals surface area contributed by atoms with Crippen LogP contribution in [0.3, 0.4) is 0 Å². The van der Waals surface area contributed by atoms with Crippen molar-refractivity contribution in [2.24, 2.45) is 0 Å². The highest BCUT2D eigenvalue weighted by atomic mass is 35.5. The van der Waals surface area contributed by atoms with E-state index >= 15 is 0 Å². The monoisotopic (exact) mass is 369 g/mol. The number of aromatic nitrogens is 2. The van der Waals surface area contributed by atoms with E-state index in [2.05, 4.69) is 20.6 Å². The fraction of sp³-hybridized carbons (Fsp3) is 0.111. The lowest BCUT2D eigenvalue weighted by Crippen LogP contribution is -2.06. The number of anilines is 4. The Morgan fingerprint density at radius 1 is 1.00 bits per heavy atom. The summed E-state index contributed by atoms with van der Waals surface area (Å²) in [4.78, 5) is 19.2. The molecular weight excluding hydrogens is 354 g/mol. The molecule has 0 unspecified atom stereocenters. The summed E-state index contributed by atoms with van der Waals surface area (Å²) in [5.41, 5.74) is 3.14. The molecule has 132 valence electrons. The first kappa shape index (κ1) is 17.6. The van der Waals surface area contributed by atoms with E-state index in [9.17, 15) is 10.1 Å². The predicted octanol–water partition coefficient (Wildman–Crippen LogP) is 5.14. The molecule has 7 nitrogen and oxygen atoms in total. The Labute approximate surface area is 155 Å². The number of halogens is 1. The van der Waals surface area contributed by atoms with E-state index < -0.39 is 4.92 Å². The van der Waals surface area contributed by atoms with Gasteiger partial charge in [0.15, 0.2) is 0 Å². The molecule has 0 bridgehead atoms. The number of nitrogens with zero attached hydrogens (tertiary/aromatic N) is 3. The Morgan fingerprint density at radius 3 is 2.31 bits per heavy atom. The highest BCUT2D eigenvalue weighted by molar-refractivity contribution is 6.30. The number of hydrogen-bond donors (Lipinski definition) is 2. The number of nitrogens with one attached hydrogen (secondary N) is 2. The van der Waals surface area contributed by atoms with Crippen molar-refractivity contribution in [3.05, 3.63) is 75.1 Å². The van der Waals surface area contributed by atoms with E-state index in [-0.39, 0.29) is 17.3 Å². The van der Waals surface area contributed by atoms with Gasteiger partial charge in [-0.25, -0.2) is 9.97 Å². The molecule has 26 heavy (non-hydrogen) atoms. The second kappa shape index (κ2) is 7.37. The third-order valence-electron chi connectivity index (χ3n) is 3.76. The maximum absolute atomic E-state index is 11.7. The summed E-state index contributed by atoms with van der Waals surface area (Å²) in [6, 6.07) is 12.6. The van der Waals surface area contributed by atoms with Crippen molar-refractivity contribution in [3.8, 4) is 0 Å². The second-order valence-electron chi connectivity index (χ2n) is 5.75. The lowest BCUT2D eigenvalue weighted by atomic mass is 10.1. The van der Waals surface area contributed by atoms with Gasteiger partial charge in [0.05, 0.1) is 4.92 Å². The van der Waals surface area contributed by atoms with Crippen LogP contribution in [0, 0.1) is 24.0 Å². The van der Waals surface area contributed by atoms with Gasteiger partial charge in [0, 0.05) is 16.4 Å². The van der Waals surface area contributed by atoms with Crippen molar-refractivity contribution in [1.29, 1.82) is 0 Å². The molecule has 0 aliphatic heterocycles. The average molecular weight is 370 g/mol. The van der Waals surface area contributed by atoms with Crippen molar-refractivity contribution < 1.29 is 4.92 Å². The van der Waals surface area contributed by atoms with Crippen LogP contribution >= 0.6 is 11.6 Å². The SMILES string of the molecule is Cc1ccc(C)c(Nc2ncnc(Nc3ccc(Cl)cc3)c2[N+](=O)[O-])c1. The number of nitro groups is 1. The fourth-order valence-electron chi connectivity index (χ4n) is 2.40. The molecular formula is C18H16ClN5O2. The number of aryl methyl sites for hydroxylation is 2. The standard InChI is InChI=1S/C18H16ClN5O2/c1-11-3-4-12(2)15(9-11)23-18-16(24(25)26)17(20-10-21-18)22-14-7-5-13(19)6-8-14/h3-10H,1-2H3,(H2,20,21,22,23). The molecule has 0 amide bonds. The maximum atomic E-state index is 11.7. The summed E-state index contributed by atoms with van der Waals surface area (Å²) in [5, 5.41) is 18.2. The summed E-state index contributed by atoms with van der Waals surface area (Å²) in [6.45, 7) is 3.87. The molecule has 3 rings (SSSR count). The summed E-state index contributed by atoms with van der Waals surface area (Å²) in [6.07, 6.45) is 1.28. The number of hydrogen-bond acceptors (Lipinski definition) is 6. The molecule has 0 radical (unpaired) electrons. The Balaban J connectivity index is 1.99. The number of rotatable bonds is 5. The van der Waals surface area contributed by atoms with Crippen molar-refractivity contribution in [1.82, 2.24) is 9.97 Å². The summed E-state index contributed by atoms with van der Waals surface area (Å²) in [7, 11) is 0. The molecule has 8 heteroatoms. The second-order valence-corrected chi connectivity index (χ2v) is 6.19. The Hall–Kier alpha value is -3.19. The van der Waals surface area contributed by atoms with Crippen LogP contribution in [0.15, 0.2) is 48.8 Å². The number of benzene rings is 2. The van der Waals surface area contributed by atoms with Gasteiger partial charge in [-0.05, 0) is 55.3 Å². The molecule has 0 atom stereocenters. The highest BCUT2D eigenvalue weighted by Gasteiger charge is 2.23. The molecule has 0 spiro atoms. The van der Waals surface area contributed by atoms with Crippen molar-refractivity contribution in [2.45, 2.75) is 13.8 Å². The van der Waals surface area contributed by atoms with E-state index in [0.717, 1.165) is 16.8 Å². The molecule has 0 aliphatic carbocycles. The molecule has 0 aliphatic rings. The topological polar surface area (TPSA) is 93.0 Å². The highest BCUT2D eigenvalue weighted by Crippen LogP contribution is 2.34. The van der Waals surface area contributed by atoms with Gasteiger partial charge in [0.1, 0.15) is 6.33 Å². The van der Waals surface area contributed by atoms with Crippen molar-refractivity contribution in [3.63, 3.8) is 0 Å². The molecule has 0 saturated carbocycles. The van der Waals surface area contributed by atoms with Crippen LogP contribution in [0.1, 0.15) is 11.1 Å². The molecule has 2 N–H and O–H groups in total. The van der Waals surface area contributed by atoms with E-state index in [1.54, 1.807) is 24.3 Å². The normalized spacial score (nSPS) is 10.4. The van der Waals surface area contributed by atoms with Gasteiger partial charge in [-0.3, -0.25) is 10.1 Å². The molecule has 0 fully saturated rings. The Bertz CT molecular complexity index is 960. The molecule has 0 saturated heterocycles. The fourth-order valence-corrected chi connectivity index (χ4v) is 2.53. The molecule has 3 aromatic rings. The van der Waals surface area contributed by atoms with Crippen LogP contribution in [-0.4, -0.2) is 14.9 Å². The van der Waals surface area contributed by atoms with Crippen molar-refractivity contribution in [2.75, 3.05) is 10.6 Å². The Morgan fingerprint density at radius 2 is 1.65 bits per heavy atom. The van der Waals surface area contributed by atoms with Gasteiger partial charge < -0.3 is 10.6 Å². The van der Waals surface area contributed by atoms with Gasteiger partial charge in [-0.1, -0.05) is 23.7 Å². The minimum atomic E-state index is -0.508.